The van der Waals surface area contributed by atoms with Crippen molar-refractivity contribution >= 4 is 90.7 Å². The van der Waals surface area contributed by atoms with Crippen LogP contribution in [0, 0.1) is 6.92 Å². The Morgan fingerprint density at radius 3 is 1.83 bits per heavy atom. The van der Waals surface area contributed by atoms with Crippen molar-refractivity contribution < 1.29 is 34.3 Å². The Bertz CT molecular complexity index is 909. The topological polar surface area (TPSA) is 127 Å². The molecule has 116 valence electrons. The van der Waals surface area contributed by atoms with Gasteiger partial charge in [-0.3, -0.25) is 9.11 Å². The number of hydrogen-bond acceptors (Lipinski definition) is 6. The predicted molar refractivity (Wildman–Crippen MR) is 84.5 cm³/mol. The normalized spacial score (nSPS) is 11.3. The molecule has 2 N–H and O–H groups in total. The molecule has 8 nitrogen and oxygen atoms in total. The summed E-state index contributed by atoms with van der Waals surface area (Å²) in [5.41, 5.74) is 0.185. The molecule has 0 spiro atoms. The van der Waals surface area contributed by atoms with Crippen molar-refractivity contribution in [2.45, 2.75) is 6.92 Å². The molecule has 0 bridgehead atoms. The van der Waals surface area contributed by atoms with Crippen LogP contribution in [-0.2, 0) is 20.8 Å². The van der Waals surface area contributed by atoms with E-state index in [1.54, 1.807) is 12.1 Å². The van der Waals surface area contributed by atoms with Gasteiger partial charge in [0.05, 0.1) is 0 Å². The Balaban J connectivity index is 0.00000242. The van der Waals surface area contributed by atoms with Gasteiger partial charge in [0.1, 0.15) is 0 Å². The molecule has 0 aliphatic heterocycles. The van der Waals surface area contributed by atoms with Crippen molar-refractivity contribution in [2.24, 2.45) is 0 Å². The van der Waals surface area contributed by atoms with Crippen molar-refractivity contribution in [1.82, 2.24) is 0 Å². The van der Waals surface area contributed by atoms with E-state index in [9.17, 15) is 16.8 Å². The fraction of sp³-hybridized carbons (Fsp3) is 0.0909. The van der Waals surface area contributed by atoms with Gasteiger partial charge in [-0.15, -0.1) is 0 Å². The largest absolute Gasteiger partial charge is 0.446 e. The van der Waals surface area contributed by atoms with Crippen LogP contribution in [0.4, 0.5) is 0 Å². The van der Waals surface area contributed by atoms with Crippen LogP contribution in [0.3, 0.4) is 0 Å². The monoisotopic (exact) mass is 380 g/mol. The third kappa shape index (κ3) is 6.50. The predicted octanol–water partition coefficient (Wildman–Crippen LogP) is 0.750. The molecule has 0 unspecified atom stereocenters. The van der Waals surface area contributed by atoms with Crippen LogP contribution in [0.2, 0.25) is 0 Å². The fourth-order valence-corrected chi connectivity index (χ4v) is 2.64. The van der Waals surface area contributed by atoms with Crippen LogP contribution >= 0.6 is 0 Å². The third-order valence-corrected chi connectivity index (χ3v) is 3.29. The summed E-state index contributed by atoms with van der Waals surface area (Å²) in [5.74, 6) is -0.371. The summed E-state index contributed by atoms with van der Waals surface area (Å²) >= 11 is 0. The molecule has 0 aliphatic rings. The summed E-state index contributed by atoms with van der Waals surface area (Å²) in [6, 6.07) is 7.14. The number of fused-ring (bicyclic) bond motifs is 1. The van der Waals surface area contributed by atoms with Crippen LogP contribution in [-0.4, -0.2) is 85.1 Å². The number of rotatable bonds is 4. The summed E-state index contributed by atoms with van der Waals surface area (Å²) in [5, 5.41) is 0.369. The van der Waals surface area contributed by atoms with E-state index in [2.05, 4.69) is 8.37 Å². The van der Waals surface area contributed by atoms with Gasteiger partial charge in [-0.25, -0.2) is 0 Å². The third-order valence-electron chi connectivity index (χ3n) is 2.53. The second kappa shape index (κ2) is 8.48. The molecule has 0 amide bonds. The molecule has 2 aromatic rings. The van der Waals surface area contributed by atoms with Gasteiger partial charge in [0.2, 0.25) is 0 Å². The van der Waals surface area contributed by atoms with E-state index in [1.165, 1.54) is 19.1 Å². The molecular formula is C11H10Na2O8S2. The van der Waals surface area contributed by atoms with E-state index in [-0.39, 0.29) is 86.9 Å². The summed E-state index contributed by atoms with van der Waals surface area (Å²) in [6.45, 7) is 1.42. The first-order valence-corrected chi connectivity index (χ1v) is 8.16. The van der Waals surface area contributed by atoms with Gasteiger partial charge in [-0.05, 0) is 18.6 Å². The smallest absolute Gasteiger partial charge is 0.361 e. The molecule has 0 aliphatic carbocycles. The SMILES string of the molecule is Cc1cc(OS(=O)(=O)O)c2ccccc2c1OS(=O)(=O)O.[Na].[Na]. The minimum Gasteiger partial charge on any atom is -0.361 e. The average molecular weight is 380 g/mol. The van der Waals surface area contributed by atoms with Crippen LogP contribution in [0.25, 0.3) is 10.8 Å². The van der Waals surface area contributed by atoms with Gasteiger partial charge in [0.25, 0.3) is 0 Å². The first-order chi connectivity index (χ1) is 9.57. The average Bonchev–Trinajstić information content (AvgIpc) is 2.31. The van der Waals surface area contributed by atoms with Crippen molar-refractivity contribution in [3.05, 3.63) is 35.9 Å². The van der Waals surface area contributed by atoms with Crippen LogP contribution in [0.1, 0.15) is 5.56 Å². The molecule has 0 fully saturated rings. The summed E-state index contributed by atoms with van der Waals surface area (Å²) in [4.78, 5) is 0. The summed E-state index contributed by atoms with van der Waals surface area (Å²) in [7, 11) is -9.49. The van der Waals surface area contributed by atoms with Crippen LogP contribution in [0.15, 0.2) is 30.3 Å². The van der Waals surface area contributed by atoms with E-state index in [1.807, 2.05) is 0 Å². The number of hydrogen-bond donors (Lipinski definition) is 2. The maximum atomic E-state index is 10.9. The van der Waals surface area contributed by atoms with Crippen LogP contribution < -0.4 is 8.37 Å². The molecule has 0 atom stereocenters. The van der Waals surface area contributed by atoms with E-state index >= 15 is 0 Å². The first-order valence-electron chi connectivity index (χ1n) is 5.43. The Hall–Kier alpha value is 0.120. The Morgan fingerprint density at radius 1 is 0.870 bits per heavy atom. The zero-order chi connectivity index (χ0) is 15.8. The quantitative estimate of drug-likeness (QED) is 0.588. The molecule has 0 saturated heterocycles. The Labute approximate surface area is 177 Å². The van der Waals surface area contributed by atoms with Gasteiger partial charge in [-0.2, -0.15) is 16.8 Å². The Morgan fingerprint density at radius 2 is 1.35 bits per heavy atom. The first kappa shape index (κ1) is 23.1. The molecule has 2 aromatic carbocycles. The number of aryl methyl sites for hydroxylation is 1. The van der Waals surface area contributed by atoms with Crippen LogP contribution in [0.5, 0.6) is 11.5 Å². The van der Waals surface area contributed by atoms with E-state index < -0.39 is 20.8 Å². The van der Waals surface area contributed by atoms with Gasteiger partial charge in [-0.1, -0.05) is 24.3 Å². The van der Waals surface area contributed by atoms with Crippen molar-refractivity contribution in [3.8, 4) is 11.5 Å². The minimum atomic E-state index is -4.75. The molecule has 23 heavy (non-hydrogen) atoms. The maximum absolute atomic E-state index is 10.9. The fourth-order valence-electron chi connectivity index (χ4n) is 1.85. The second-order valence-corrected chi connectivity index (χ2v) is 6.13. The van der Waals surface area contributed by atoms with E-state index in [0.29, 0.717) is 0 Å². The molecule has 12 heteroatoms. The zero-order valence-electron chi connectivity index (χ0n) is 12.5. The van der Waals surface area contributed by atoms with Crippen molar-refractivity contribution in [3.63, 3.8) is 0 Å². The molecule has 2 radical (unpaired) electrons. The zero-order valence-corrected chi connectivity index (χ0v) is 18.2. The summed E-state index contributed by atoms with van der Waals surface area (Å²) < 4.78 is 69.9. The van der Waals surface area contributed by atoms with Crippen molar-refractivity contribution in [2.75, 3.05) is 0 Å². The minimum absolute atomic E-state index is 0. The molecule has 0 saturated carbocycles. The number of benzene rings is 2. The molecule has 2 rings (SSSR count). The van der Waals surface area contributed by atoms with Crippen molar-refractivity contribution in [1.29, 1.82) is 0 Å². The second-order valence-electron chi connectivity index (χ2n) is 4.09. The maximum Gasteiger partial charge on any atom is 0.446 e. The van der Waals surface area contributed by atoms with Gasteiger partial charge >= 0.3 is 20.8 Å². The summed E-state index contributed by atoms with van der Waals surface area (Å²) in [6.07, 6.45) is 0. The molecular weight excluding hydrogens is 370 g/mol. The van der Waals surface area contributed by atoms with Gasteiger partial charge in [0, 0.05) is 69.9 Å². The van der Waals surface area contributed by atoms with Gasteiger partial charge in [0.15, 0.2) is 11.5 Å². The Kier molecular flexibility index (Phi) is 8.52. The van der Waals surface area contributed by atoms with E-state index in [4.69, 9.17) is 9.11 Å². The van der Waals surface area contributed by atoms with Gasteiger partial charge < -0.3 is 8.37 Å². The standard InChI is InChI=1S/C11H10O8S2.2Na/c1-7-6-10(18-20(12,13)14)8-4-2-3-5-9(8)11(7)19-21(15,16)17;;/h2-6H,1H3,(H,12,13,14)(H,15,16,17);;. The molecule has 0 heterocycles. The molecule has 0 aromatic heterocycles. The van der Waals surface area contributed by atoms with E-state index in [0.717, 1.165) is 6.07 Å².